The predicted octanol–water partition coefficient (Wildman–Crippen LogP) is 4.03. The van der Waals surface area contributed by atoms with E-state index in [1.807, 2.05) is 0 Å². The van der Waals surface area contributed by atoms with E-state index in [1.54, 1.807) is 48.5 Å². The summed E-state index contributed by atoms with van der Waals surface area (Å²) in [6.07, 6.45) is 1.56. The zero-order valence-corrected chi connectivity index (χ0v) is 17.2. The number of ether oxygens (including phenoxy) is 2. The Bertz CT molecular complexity index is 986. The van der Waals surface area contributed by atoms with Gasteiger partial charge >= 0.3 is 0 Å². The first kappa shape index (κ1) is 20.8. The summed E-state index contributed by atoms with van der Waals surface area (Å²) in [5.74, 6) is 0.0633. The van der Waals surface area contributed by atoms with Crippen LogP contribution in [-0.4, -0.2) is 42.7 Å². The van der Waals surface area contributed by atoms with Crippen molar-refractivity contribution in [1.29, 1.82) is 0 Å². The van der Waals surface area contributed by atoms with Crippen molar-refractivity contribution in [3.05, 3.63) is 58.0 Å². The smallest absolute Gasteiger partial charge is 0.294 e. The summed E-state index contributed by atoms with van der Waals surface area (Å²) in [6.45, 7) is -0.393. The van der Waals surface area contributed by atoms with Gasteiger partial charge in [0.05, 0.1) is 19.1 Å². The van der Waals surface area contributed by atoms with Crippen LogP contribution >= 0.6 is 23.4 Å². The summed E-state index contributed by atoms with van der Waals surface area (Å²) in [7, 11) is 3.04. The van der Waals surface area contributed by atoms with Gasteiger partial charge < -0.3 is 14.8 Å². The lowest BCUT2D eigenvalue weighted by atomic mass is 10.2. The van der Waals surface area contributed by atoms with Crippen LogP contribution in [0.5, 0.6) is 11.5 Å². The van der Waals surface area contributed by atoms with E-state index in [9.17, 15) is 14.4 Å². The highest BCUT2D eigenvalue weighted by molar-refractivity contribution is 8.18. The molecule has 0 bridgehead atoms. The number of thioether (sulfide) groups is 1. The molecule has 1 aliphatic heterocycles. The van der Waals surface area contributed by atoms with Gasteiger partial charge in [0.1, 0.15) is 18.0 Å². The fourth-order valence-electron chi connectivity index (χ4n) is 2.61. The topological polar surface area (TPSA) is 84.9 Å². The molecule has 0 radical (unpaired) electrons. The van der Waals surface area contributed by atoms with Crippen molar-refractivity contribution < 1.29 is 23.9 Å². The molecular weight excluding hydrogens is 416 g/mol. The fourth-order valence-corrected chi connectivity index (χ4v) is 3.64. The summed E-state index contributed by atoms with van der Waals surface area (Å²) < 4.78 is 10.4. The highest BCUT2D eigenvalue weighted by Gasteiger charge is 2.36. The van der Waals surface area contributed by atoms with Gasteiger partial charge in [-0.05, 0) is 53.7 Å². The van der Waals surface area contributed by atoms with Crippen LogP contribution < -0.4 is 14.8 Å². The van der Waals surface area contributed by atoms with Crippen molar-refractivity contribution >= 4 is 52.2 Å². The lowest BCUT2D eigenvalue weighted by molar-refractivity contribution is -0.127. The molecule has 3 rings (SSSR count). The average Bonchev–Trinajstić information content (AvgIpc) is 2.95. The summed E-state index contributed by atoms with van der Waals surface area (Å²) in [6, 6.07) is 11.7. The standard InChI is InChI=1S/C20H17ClN2O5S/c1-27-15-6-12(7-16(10-15)28-2)8-17-19(25)23(20(26)29-17)11-18(24)22-14-5-3-4-13(21)9-14/h3-10H,11H2,1-2H3,(H,22,24)/b17-8+. The van der Waals surface area contributed by atoms with Crippen LogP contribution in [0.4, 0.5) is 10.5 Å². The second-order valence-electron chi connectivity index (χ2n) is 5.97. The molecule has 0 aromatic heterocycles. The molecule has 0 aliphatic carbocycles. The van der Waals surface area contributed by atoms with Crippen LogP contribution in [0, 0.1) is 0 Å². The number of benzene rings is 2. The van der Waals surface area contributed by atoms with Crippen molar-refractivity contribution in [3.63, 3.8) is 0 Å². The number of halogens is 1. The second kappa shape index (κ2) is 9.02. The molecule has 1 aliphatic rings. The van der Waals surface area contributed by atoms with Crippen molar-refractivity contribution in [1.82, 2.24) is 4.90 Å². The van der Waals surface area contributed by atoms with Crippen LogP contribution in [0.2, 0.25) is 5.02 Å². The third-order valence-electron chi connectivity index (χ3n) is 3.96. The maximum absolute atomic E-state index is 12.6. The van der Waals surface area contributed by atoms with E-state index in [0.29, 0.717) is 27.8 Å². The number of anilines is 1. The molecule has 0 spiro atoms. The molecule has 9 heteroatoms. The van der Waals surface area contributed by atoms with Crippen molar-refractivity contribution in [2.75, 3.05) is 26.1 Å². The van der Waals surface area contributed by atoms with Crippen LogP contribution in [0.3, 0.4) is 0 Å². The molecule has 1 fully saturated rings. The van der Waals surface area contributed by atoms with Crippen LogP contribution in [0.1, 0.15) is 5.56 Å². The molecule has 7 nitrogen and oxygen atoms in total. The maximum atomic E-state index is 12.6. The quantitative estimate of drug-likeness (QED) is 0.693. The Balaban J connectivity index is 1.74. The lowest BCUT2D eigenvalue weighted by Crippen LogP contribution is -2.36. The van der Waals surface area contributed by atoms with Crippen LogP contribution in [0.25, 0.3) is 6.08 Å². The number of rotatable bonds is 6. The van der Waals surface area contributed by atoms with Gasteiger partial charge in [-0.15, -0.1) is 0 Å². The number of carbonyl (C=O) groups is 3. The highest BCUT2D eigenvalue weighted by atomic mass is 35.5. The Morgan fingerprint density at radius 2 is 1.83 bits per heavy atom. The molecule has 1 heterocycles. The van der Waals surface area contributed by atoms with Gasteiger partial charge in [-0.3, -0.25) is 19.3 Å². The Morgan fingerprint density at radius 1 is 1.14 bits per heavy atom. The van der Waals surface area contributed by atoms with Gasteiger partial charge in [0.15, 0.2) is 0 Å². The Kier molecular flexibility index (Phi) is 6.46. The van der Waals surface area contributed by atoms with Gasteiger partial charge in [-0.25, -0.2) is 0 Å². The van der Waals surface area contributed by atoms with Crippen LogP contribution in [0.15, 0.2) is 47.4 Å². The van der Waals surface area contributed by atoms with E-state index >= 15 is 0 Å². The first-order chi connectivity index (χ1) is 13.9. The number of nitrogens with one attached hydrogen (secondary N) is 1. The maximum Gasteiger partial charge on any atom is 0.294 e. The fraction of sp³-hybridized carbons (Fsp3) is 0.150. The molecule has 0 saturated carbocycles. The summed E-state index contributed by atoms with van der Waals surface area (Å²) in [5.41, 5.74) is 1.11. The third kappa shape index (κ3) is 5.10. The minimum atomic E-state index is -0.539. The molecule has 0 unspecified atom stereocenters. The Labute approximate surface area is 176 Å². The Hall–Kier alpha value is -2.97. The first-order valence-electron chi connectivity index (χ1n) is 8.43. The van der Waals surface area contributed by atoms with Gasteiger partial charge in [0, 0.05) is 16.8 Å². The van der Waals surface area contributed by atoms with Crippen molar-refractivity contribution in [2.45, 2.75) is 0 Å². The van der Waals surface area contributed by atoms with E-state index in [2.05, 4.69) is 5.32 Å². The van der Waals surface area contributed by atoms with E-state index < -0.39 is 23.6 Å². The zero-order chi connectivity index (χ0) is 21.0. The molecule has 2 aromatic rings. The minimum Gasteiger partial charge on any atom is -0.497 e. The molecule has 29 heavy (non-hydrogen) atoms. The highest BCUT2D eigenvalue weighted by Crippen LogP contribution is 2.33. The number of carbonyl (C=O) groups excluding carboxylic acids is 3. The van der Waals surface area contributed by atoms with Crippen molar-refractivity contribution in [2.24, 2.45) is 0 Å². The van der Waals surface area contributed by atoms with E-state index in [0.717, 1.165) is 16.7 Å². The number of methoxy groups -OCH3 is 2. The number of amides is 3. The molecule has 3 amide bonds. The molecular formula is C20H17ClN2O5S. The summed E-state index contributed by atoms with van der Waals surface area (Å²) in [4.78, 5) is 38.2. The largest absolute Gasteiger partial charge is 0.497 e. The summed E-state index contributed by atoms with van der Waals surface area (Å²) in [5, 5.41) is 2.56. The van der Waals surface area contributed by atoms with Gasteiger partial charge in [0.2, 0.25) is 5.91 Å². The number of nitrogens with zero attached hydrogens (tertiary/aromatic N) is 1. The van der Waals surface area contributed by atoms with Crippen LogP contribution in [-0.2, 0) is 9.59 Å². The Morgan fingerprint density at radius 3 is 2.45 bits per heavy atom. The monoisotopic (exact) mass is 432 g/mol. The van der Waals surface area contributed by atoms with Gasteiger partial charge in [-0.2, -0.15) is 0 Å². The number of imide groups is 1. The molecule has 2 aromatic carbocycles. The minimum absolute atomic E-state index is 0.209. The number of hydrogen-bond donors (Lipinski definition) is 1. The first-order valence-corrected chi connectivity index (χ1v) is 9.63. The van der Waals surface area contributed by atoms with E-state index in [-0.39, 0.29) is 4.91 Å². The average molecular weight is 433 g/mol. The SMILES string of the molecule is COc1cc(/C=C2/SC(=O)N(CC(=O)Nc3cccc(Cl)c3)C2=O)cc(OC)c1. The summed E-state index contributed by atoms with van der Waals surface area (Å²) >= 11 is 6.66. The lowest BCUT2D eigenvalue weighted by Gasteiger charge is -2.12. The molecule has 0 atom stereocenters. The van der Waals surface area contributed by atoms with Crippen molar-refractivity contribution in [3.8, 4) is 11.5 Å². The van der Waals surface area contributed by atoms with Gasteiger partial charge in [0.25, 0.3) is 11.1 Å². The molecule has 1 saturated heterocycles. The predicted molar refractivity (Wildman–Crippen MR) is 112 cm³/mol. The molecule has 1 N–H and O–H groups in total. The third-order valence-corrected chi connectivity index (χ3v) is 5.10. The normalized spacial score (nSPS) is 15.0. The van der Waals surface area contributed by atoms with E-state index in [1.165, 1.54) is 14.2 Å². The molecule has 150 valence electrons. The van der Waals surface area contributed by atoms with E-state index in [4.69, 9.17) is 21.1 Å². The second-order valence-corrected chi connectivity index (χ2v) is 7.40. The van der Waals surface area contributed by atoms with Gasteiger partial charge in [-0.1, -0.05) is 17.7 Å². The number of hydrogen-bond acceptors (Lipinski definition) is 6. The zero-order valence-electron chi connectivity index (χ0n) is 15.6.